The molecule has 3 unspecified atom stereocenters. The zero-order valence-electron chi connectivity index (χ0n) is 22.4. The molecular formula is C30H58O2. The highest BCUT2D eigenvalue weighted by Gasteiger charge is 2.39. The summed E-state index contributed by atoms with van der Waals surface area (Å²) >= 11 is 0. The highest BCUT2D eigenvalue weighted by Crippen LogP contribution is 2.47. The molecule has 2 fully saturated rings. The summed E-state index contributed by atoms with van der Waals surface area (Å²) in [5.74, 6) is 4.93. The molecule has 8 atom stereocenters. The van der Waals surface area contributed by atoms with E-state index in [2.05, 4.69) is 34.6 Å². The Morgan fingerprint density at radius 2 is 1.53 bits per heavy atom. The Labute approximate surface area is 201 Å². The Balaban J connectivity index is 2.03. The number of rotatable bonds is 14. The van der Waals surface area contributed by atoms with Gasteiger partial charge in [0, 0.05) is 0 Å². The maximum absolute atomic E-state index is 11.3. The van der Waals surface area contributed by atoms with E-state index in [1.54, 1.807) is 0 Å². The highest BCUT2D eigenvalue weighted by atomic mass is 16.3. The van der Waals surface area contributed by atoms with Gasteiger partial charge in [0.05, 0.1) is 12.2 Å². The Morgan fingerprint density at radius 3 is 2.16 bits per heavy atom. The fourth-order valence-electron chi connectivity index (χ4n) is 7.74. The van der Waals surface area contributed by atoms with Crippen molar-refractivity contribution in [2.75, 3.05) is 0 Å². The molecule has 2 rings (SSSR count). The molecule has 0 heterocycles. The maximum atomic E-state index is 11.3. The van der Waals surface area contributed by atoms with Crippen molar-refractivity contribution < 1.29 is 10.2 Å². The van der Waals surface area contributed by atoms with Gasteiger partial charge in [0.1, 0.15) is 0 Å². The number of hydrogen-bond donors (Lipinski definition) is 2. The molecule has 2 heteroatoms. The maximum Gasteiger partial charge on any atom is 0.0569 e. The third-order valence-electron chi connectivity index (χ3n) is 9.27. The van der Waals surface area contributed by atoms with E-state index in [0.29, 0.717) is 5.92 Å². The monoisotopic (exact) mass is 450 g/mol. The standard InChI is InChI=1S/C30H58O2/c1-6-12-23(5)29-18-22(4)17-25(28(29)13-7-2)20-27(31)21-26(30(32)14-8-3)19-24-15-10-9-11-16-24/h22-32H,6-21H2,1-5H3/t22-,23?,25-,26?,27+,28+,29?,30+/m0/s1. The molecule has 190 valence electrons. The average Bonchev–Trinajstić information content (AvgIpc) is 2.76. The third-order valence-corrected chi connectivity index (χ3v) is 9.27. The molecule has 0 aliphatic heterocycles. The van der Waals surface area contributed by atoms with Gasteiger partial charge in [-0.3, -0.25) is 0 Å². The van der Waals surface area contributed by atoms with E-state index in [1.807, 2.05) is 0 Å². The zero-order valence-corrected chi connectivity index (χ0v) is 22.4. The van der Waals surface area contributed by atoms with Gasteiger partial charge in [0.25, 0.3) is 0 Å². The molecule has 2 aliphatic rings. The van der Waals surface area contributed by atoms with E-state index >= 15 is 0 Å². The summed E-state index contributed by atoms with van der Waals surface area (Å²) < 4.78 is 0. The molecule has 32 heavy (non-hydrogen) atoms. The second-order valence-corrected chi connectivity index (χ2v) is 12.2. The van der Waals surface area contributed by atoms with Crippen molar-refractivity contribution in [3.63, 3.8) is 0 Å². The summed E-state index contributed by atoms with van der Waals surface area (Å²) in [4.78, 5) is 0. The molecular weight excluding hydrogens is 392 g/mol. The SMILES string of the molecule is CCCC(C)C1C[C@@H](C)C[C@@H](C[C@@H](O)CC(CC2CCCCC2)[C@H](O)CCC)[C@H]1CCC. The molecule has 0 aromatic rings. The summed E-state index contributed by atoms with van der Waals surface area (Å²) in [7, 11) is 0. The molecule has 0 bridgehead atoms. The smallest absolute Gasteiger partial charge is 0.0569 e. The second kappa shape index (κ2) is 15.0. The van der Waals surface area contributed by atoms with E-state index < -0.39 is 0 Å². The summed E-state index contributed by atoms with van der Waals surface area (Å²) in [5.41, 5.74) is 0. The fourth-order valence-corrected chi connectivity index (χ4v) is 7.74. The van der Waals surface area contributed by atoms with Crippen molar-refractivity contribution in [1.82, 2.24) is 0 Å². The van der Waals surface area contributed by atoms with Gasteiger partial charge >= 0.3 is 0 Å². The lowest BCUT2D eigenvalue weighted by molar-refractivity contribution is 0.00326. The number of hydrogen-bond acceptors (Lipinski definition) is 2. The van der Waals surface area contributed by atoms with Gasteiger partial charge in [-0.15, -0.1) is 0 Å². The lowest BCUT2D eigenvalue weighted by atomic mass is 9.61. The van der Waals surface area contributed by atoms with Crippen molar-refractivity contribution in [3.05, 3.63) is 0 Å². The van der Waals surface area contributed by atoms with E-state index in [0.717, 1.165) is 61.7 Å². The predicted octanol–water partition coefficient (Wildman–Crippen LogP) is 8.39. The molecule has 2 aliphatic carbocycles. The van der Waals surface area contributed by atoms with Crippen LogP contribution in [-0.2, 0) is 0 Å². The van der Waals surface area contributed by atoms with Gasteiger partial charge in [-0.25, -0.2) is 0 Å². The minimum atomic E-state index is -0.244. The molecule has 0 aromatic heterocycles. The van der Waals surface area contributed by atoms with Crippen LogP contribution in [0.4, 0.5) is 0 Å². The predicted molar refractivity (Wildman–Crippen MR) is 139 cm³/mol. The van der Waals surface area contributed by atoms with Crippen molar-refractivity contribution in [1.29, 1.82) is 0 Å². The Hall–Kier alpha value is -0.0800. The van der Waals surface area contributed by atoms with Gasteiger partial charge in [-0.2, -0.15) is 0 Å². The van der Waals surface area contributed by atoms with Crippen LogP contribution in [0.2, 0.25) is 0 Å². The minimum absolute atomic E-state index is 0.231. The minimum Gasteiger partial charge on any atom is -0.393 e. The van der Waals surface area contributed by atoms with Gasteiger partial charge in [0.2, 0.25) is 0 Å². The Bertz CT molecular complexity index is 471. The first kappa shape index (κ1) is 28.2. The summed E-state index contributed by atoms with van der Waals surface area (Å²) in [6, 6.07) is 0. The summed E-state index contributed by atoms with van der Waals surface area (Å²) in [6.45, 7) is 11.8. The second-order valence-electron chi connectivity index (χ2n) is 12.2. The van der Waals surface area contributed by atoms with E-state index in [1.165, 1.54) is 70.6 Å². The number of aliphatic hydroxyl groups excluding tert-OH is 2. The lowest BCUT2D eigenvalue weighted by Gasteiger charge is -2.45. The molecule has 2 nitrogen and oxygen atoms in total. The highest BCUT2D eigenvalue weighted by molar-refractivity contribution is 4.89. The van der Waals surface area contributed by atoms with E-state index in [-0.39, 0.29) is 18.1 Å². The third kappa shape index (κ3) is 8.94. The normalized spacial score (nSPS) is 31.2. The molecule has 0 radical (unpaired) electrons. The molecule has 2 saturated carbocycles. The van der Waals surface area contributed by atoms with Gasteiger partial charge < -0.3 is 10.2 Å². The summed E-state index contributed by atoms with van der Waals surface area (Å²) in [5, 5.41) is 22.2. The van der Waals surface area contributed by atoms with Crippen LogP contribution < -0.4 is 0 Å². The fraction of sp³-hybridized carbons (Fsp3) is 1.00. The summed E-state index contributed by atoms with van der Waals surface area (Å²) in [6.07, 6.45) is 19.0. The van der Waals surface area contributed by atoms with Crippen molar-refractivity contribution in [2.45, 2.75) is 150 Å². The van der Waals surface area contributed by atoms with Crippen molar-refractivity contribution >= 4 is 0 Å². The van der Waals surface area contributed by atoms with Crippen molar-refractivity contribution in [3.8, 4) is 0 Å². The lowest BCUT2D eigenvalue weighted by Crippen LogP contribution is -2.38. The number of aliphatic hydroxyl groups is 2. The van der Waals surface area contributed by atoms with Crippen LogP contribution in [0, 0.1) is 41.4 Å². The van der Waals surface area contributed by atoms with Crippen molar-refractivity contribution in [2.24, 2.45) is 41.4 Å². The molecule has 0 aromatic carbocycles. The van der Waals surface area contributed by atoms with Gasteiger partial charge in [-0.1, -0.05) is 98.8 Å². The van der Waals surface area contributed by atoms with Crippen LogP contribution in [-0.4, -0.2) is 22.4 Å². The van der Waals surface area contributed by atoms with Crippen LogP contribution in [0.25, 0.3) is 0 Å². The average molecular weight is 451 g/mol. The molecule has 2 N–H and O–H groups in total. The quantitative estimate of drug-likeness (QED) is 0.279. The van der Waals surface area contributed by atoms with Crippen LogP contribution in [0.5, 0.6) is 0 Å². The first-order valence-corrected chi connectivity index (χ1v) is 14.7. The van der Waals surface area contributed by atoms with E-state index in [9.17, 15) is 10.2 Å². The van der Waals surface area contributed by atoms with Crippen LogP contribution in [0.15, 0.2) is 0 Å². The van der Waals surface area contributed by atoms with E-state index in [4.69, 9.17) is 0 Å². The first-order chi connectivity index (χ1) is 15.4. The topological polar surface area (TPSA) is 40.5 Å². The van der Waals surface area contributed by atoms with Crippen LogP contribution in [0.1, 0.15) is 137 Å². The first-order valence-electron chi connectivity index (χ1n) is 14.7. The molecule has 0 spiro atoms. The van der Waals surface area contributed by atoms with Crippen LogP contribution in [0.3, 0.4) is 0 Å². The largest absolute Gasteiger partial charge is 0.393 e. The molecule has 0 saturated heterocycles. The Morgan fingerprint density at radius 1 is 0.844 bits per heavy atom. The van der Waals surface area contributed by atoms with Gasteiger partial charge in [0.15, 0.2) is 0 Å². The molecule has 0 amide bonds. The van der Waals surface area contributed by atoms with Gasteiger partial charge in [-0.05, 0) is 80.0 Å². The van der Waals surface area contributed by atoms with Crippen LogP contribution >= 0.6 is 0 Å². The zero-order chi connectivity index (χ0) is 23.5. The Kier molecular flexibility index (Phi) is 13.2.